The highest BCUT2D eigenvalue weighted by atomic mass is 35.5. The van der Waals surface area contributed by atoms with Crippen LogP contribution in [0.1, 0.15) is 18.1 Å². The van der Waals surface area contributed by atoms with E-state index in [1.165, 1.54) is 17.7 Å². The van der Waals surface area contributed by atoms with E-state index in [9.17, 15) is 4.39 Å². The van der Waals surface area contributed by atoms with Crippen molar-refractivity contribution >= 4 is 11.6 Å². The van der Waals surface area contributed by atoms with Gasteiger partial charge in [0.2, 0.25) is 0 Å². The van der Waals surface area contributed by atoms with Gasteiger partial charge in [-0.3, -0.25) is 0 Å². The van der Waals surface area contributed by atoms with E-state index in [2.05, 4.69) is 24.5 Å². The van der Waals surface area contributed by atoms with Gasteiger partial charge in [-0.15, -0.1) is 0 Å². The summed E-state index contributed by atoms with van der Waals surface area (Å²) in [7, 11) is 0. The van der Waals surface area contributed by atoms with Crippen LogP contribution < -0.4 is 5.32 Å². The summed E-state index contributed by atoms with van der Waals surface area (Å²) < 4.78 is 15.0. The lowest BCUT2D eigenvalue weighted by atomic mass is 10.2. The zero-order valence-electron chi connectivity index (χ0n) is 10.3. The third-order valence-corrected chi connectivity index (χ3v) is 3.11. The Balaban J connectivity index is 2.06. The molecule has 0 aliphatic carbocycles. The van der Waals surface area contributed by atoms with Crippen LogP contribution in [-0.2, 0) is 13.1 Å². The van der Waals surface area contributed by atoms with Gasteiger partial charge in [0.1, 0.15) is 5.82 Å². The Morgan fingerprint density at radius 2 is 2.17 bits per heavy atom. The largest absolute Gasteiger partial charge is 0.350 e. The van der Waals surface area contributed by atoms with Gasteiger partial charge in [0.15, 0.2) is 0 Å². The molecule has 0 fully saturated rings. The number of hydrogen-bond donors (Lipinski definition) is 1. The van der Waals surface area contributed by atoms with Crippen molar-refractivity contribution < 1.29 is 4.39 Å². The summed E-state index contributed by atoms with van der Waals surface area (Å²) in [5.74, 6) is -0.302. The highest BCUT2D eigenvalue weighted by Gasteiger charge is 2.03. The van der Waals surface area contributed by atoms with E-state index in [-0.39, 0.29) is 5.82 Å². The zero-order chi connectivity index (χ0) is 13.0. The van der Waals surface area contributed by atoms with Gasteiger partial charge in [-0.05, 0) is 35.9 Å². The fourth-order valence-corrected chi connectivity index (χ4v) is 2.04. The number of aromatic nitrogens is 1. The van der Waals surface area contributed by atoms with E-state index in [1.807, 2.05) is 10.8 Å². The summed E-state index contributed by atoms with van der Waals surface area (Å²) in [6, 6.07) is 6.58. The molecule has 2 aromatic rings. The van der Waals surface area contributed by atoms with Crippen molar-refractivity contribution in [3.8, 4) is 0 Å². The number of hydrogen-bond acceptors (Lipinski definition) is 1. The minimum Gasteiger partial charge on any atom is -0.350 e. The third-order valence-electron chi connectivity index (χ3n) is 2.76. The van der Waals surface area contributed by atoms with Crippen molar-refractivity contribution in [1.82, 2.24) is 9.88 Å². The Bertz CT molecular complexity index is 522. The SMILES string of the molecule is CCNCc1ccn(Cc2ccc(F)cc2Cl)c1. The van der Waals surface area contributed by atoms with E-state index in [0.29, 0.717) is 11.6 Å². The molecule has 0 atom stereocenters. The van der Waals surface area contributed by atoms with Crippen LogP contribution in [0, 0.1) is 5.82 Å². The van der Waals surface area contributed by atoms with Gasteiger partial charge in [-0.25, -0.2) is 4.39 Å². The van der Waals surface area contributed by atoms with E-state index in [1.54, 1.807) is 6.07 Å². The molecule has 1 aromatic heterocycles. The Kier molecular flexibility index (Phi) is 4.39. The Morgan fingerprint density at radius 1 is 1.33 bits per heavy atom. The van der Waals surface area contributed by atoms with E-state index < -0.39 is 0 Å². The normalized spacial score (nSPS) is 10.8. The Morgan fingerprint density at radius 3 is 2.89 bits per heavy atom. The molecule has 0 saturated carbocycles. The summed E-state index contributed by atoms with van der Waals surface area (Å²) in [5.41, 5.74) is 2.15. The number of nitrogens with zero attached hydrogens (tertiary/aromatic N) is 1. The maximum Gasteiger partial charge on any atom is 0.124 e. The summed E-state index contributed by atoms with van der Waals surface area (Å²) in [5, 5.41) is 3.74. The van der Waals surface area contributed by atoms with Crippen LogP contribution in [0.3, 0.4) is 0 Å². The van der Waals surface area contributed by atoms with Crippen molar-refractivity contribution in [3.05, 3.63) is 58.6 Å². The van der Waals surface area contributed by atoms with Crippen molar-refractivity contribution in [1.29, 1.82) is 0 Å². The van der Waals surface area contributed by atoms with Crippen molar-refractivity contribution in [3.63, 3.8) is 0 Å². The first kappa shape index (κ1) is 13.1. The van der Waals surface area contributed by atoms with Gasteiger partial charge in [0.25, 0.3) is 0 Å². The maximum absolute atomic E-state index is 12.9. The second-order valence-electron chi connectivity index (χ2n) is 4.21. The predicted molar refractivity (Wildman–Crippen MR) is 72.3 cm³/mol. The molecule has 2 rings (SSSR count). The topological polar surface area (TPSA) is 17.0 Å². The molecule has 18 heavy (non-hydrogen) atoms. The fourth-order valence-electron chi connectivity index (χ4n) is 1.81. The first-order chi connectivity index (χ1) is 8.69. The lowest BCUT2D eigenvalue weighted by molar-refractivity contribution is 0.626. The molecular weight excluding hydrogens is 251 g/mol. The second-order valence-corrected chi connectivity index (χ2v) is 4.62. The van der Waals surface area contributed by atoms with Gasteiger partial charge >= 0.3 is 0 Å². The van der Waals surface area contributed by atoms with Crippen molar-refractivity contribution in [2.24, 2.45) is 0 Å². The molecule has 1 aromatic carbocycles. The number of halogens is 2. The third kappa shape index (κ3) is 3.34. The number of nitrogens with one attached hydrogen (secondary N) is 1. The molecule has 0 spiro atoms. The van der Waals surface area contributed by atoms with E-state index in [4.69, 9.17) is 11.6 Å². The molecule has 96 valence electrons. The van der Waals surface area contributed by atoms with Gasteiger partial charge in [0.05, 0.1) is 0 Å². The molecule has 0 aliphatic rings. The van der Waals surface area contributed by atoms with Crippen molar-refractivity contribution in [2.45, 2.75) is 20.0 Å². The molecule has 0 aliphatic heterocycles. The highest BCUT2D eigenvalue weighted by Crippen LogP contribution is 2.18. The lowest BCUT2D eigenvalue weighted by Gasteiger charge is -2.05. The van der Waals surface area contributed by atoms with E-state index in [0.717, 1.165) is 18.7 Å². The summed E-state index contributed by atoms with van der Waals surface area (Å²) in [6.07, 6.45) is 4.08. The van der Waals surface area contributed by atoms with Gasteiger partial charge in [0, 0.05) is 30.5 Å². The van der Waals surface area contributed by atoms with Gasteiger partial charge in [-0.2, -0.15) is 0 Å². The monoisotopic (exact) mass is 266 g/mol. The van der Waals surface area contributed by atoms with Crippen LogP contribution in [0.15, 0.2) is 36.7 Å². The average Bonchev–Trinajstić information content (AvgIpc) is 2.78. The predicted octanol–water partition coefficient (Wildman–Crippen LogP) is 3.44. The molecule has 0 saturated heterocycles. The molecular formula is C14H16ClFN2. The zero-order valence-corrected chi connectivity index (χ0v) is 11.0. The van der Waals surface area contributed by atoms with E-state index >= 15 is 0 Å². The molecule has 0 unspecified atom stereocenters. The number of benzene rings is 1. The van der Waals surface area contributed by atoms with Crippen LogP contribution in [0.2, 0.25) is 5.02 Å². The van der Waals surface area contributed by atoms with Crippen molar-refractivity contribution in [2.75, 3.05) is 6.54 Å². The van der Waals surface area contributed by atoms with Crippen LogP contribution >= 0.6 is 11.6 Å². The average molecular weight is 267 g/mol. The fraction of sp³-hybridized carbons (Fsp3) is 0.286. The Hall–Kier alpha value is -1.32. The standard InChI is InChI=1S/C14H16ClFN2/c1-2-17-8-11-5-6-18(9-11)10-12-3-4-13(16)7-14(12)15/h3-7,9,17H,2,8,10H2,1H3. The summed E-state index contributed by atoms with van der Waals surface area (Å²) >= 11 is 6.00. The molecule has 0 amide bonds. The van der Waals surface area contributed by atoms with Gasteiger partial charge in [-0.1, -0.05) is 24.6 Å². The summed E-state index contributed by atoms with van der Waals surface area (Å²) in [6.45, 7) is 4.55. The van der Waals surface area contributed by atoms with Gasteiger partial charge < -0.3 is 9.88 Å². The van der Waals surface area contributed by atoms with Crippen LogP contribution in [0.25, 0.3) is 0 Å². The Labute approximate surface area is 111 Å². The maximum atomic E-state index is 12.9. The highest BCUT2D eigenvalue weighted by molar-refractivity contribution is 6.31. The molecule has 2 nitrogen and oxygen atoms in total. The summed E-state index contributed by atoms with van der Waals surface area (Å²) in [4.78, 5) is 0. The second kappa shape index (κ2) is 6.03. The minimum absolute atomic E-state index is 0.302. The van der Waals surface area contributed by atoms with Crippen LogP contribution in [-0.4, -0.2) is 11.1 Å². The lowest BCUT2D eigenvalue weighted by Crippen LogP contribution is -2.11. The molecule has 0 radical (unpaired) electrons. The van der Waals surface area contributed by atoms with Crippen LogP contribution in [0.5, 0.6) is 0 Å². The smallest absolute Gasteiger partial charge is 0.124 e. The molecule has 0 bridgehead atoms. The molecule has 4 heteroatoms. The first-order valence-electron chi connectivity index (χ1n) is 5.98. The minimum atomic E-state index is -0.302. The quantitative estimate of drug-likeness (QED) is 0.877. The molecule has 1 heterocycles. The molecule has 1 N–H and O–H groups in total. The van der Waals surface area contributed by atoms with Crippen LogP contribution in [0.4, 0.5) is 4.39 Å². The number of rotatable bonds is 5. The first-order valence-corrected chi connectivity index (χ1v) is 6.36.